The minimum Gasteiger partial charge on any atom is -0.368 e. The van der Waals surface area contributed by atoms with Crippen LogP contribution in [0.5, 0.6) is 0 Å². The van der Waals surface area contributed by atoms with Gasteiger partial charge in [0.2, 0.25) is 5.91 Å². The molecule has 1 saturated carbocycles. The van der Waals surface area contributed by atoms with E-state index in [9.17, 15) is 4.79 Å². The first-order valence-electron chi connectivity index (χ1n) is 8.52. The average Bonchev–Trinajstić information content (AvgIpc) is 2.57. The summed E-state index contributed by atoms with van der Waals surface area (Å²) in [6.07, 6.45) is 5.39. The van der Waals surface area contributed by atoms with Crippen molar-refractivity contribution in [3.8, 4) is 0 Å². The number of nitrogens with zero attached hydrogens (tertiary/aromatic N) is 2. The van der Waals surface area contributed by atoms with E-state index in [-0.39, 0.29) is 11.4 Å². The molecule has 4 nitrogen and oxygen atoms in total. The van der Waals surface area contributed by atoms with E-state index in [0.29, 0.717) is 0 Å². The zero-order valence-corrected chi connectivity index (χ0v) is 13.3. The van der Waals surface area contributed by atoms with Gasteiger partial charge in [-0.25, -0.2) is 0 Å². The highest BCUT2D eigenvalue weighted by atomic mass is 16.1. The third kappa shape index (κ3) is 3.18. The standard InChI is InChI=1S/C18H27N3O/c19-17(22)18(9-5-2-6-10-18)21-13-11-20(12-14-21)15-16-7-3-1-4-8-16/h1,3-4,7-8H,2,5-6,9-15H2,(H2,19,22). The van der Waals surface area contributed by atoms with E-state index < -0.39 is 0 Å². The number of carbonyl (C=O) groups excluding carboxylic acids is 1. The monoisotopic (exact) mass is 301 g/mol. The second-order valence-corrected chi connectivity index (χ2v) is 6.71. The van der Waals surface area contributed by atoms with Crippen molar-refractivity contribution in [1.29, 1.82) is 0 Å². The highest BCUT2D eigenvalue weighted by Gasteiger charge is 2.44. The van der Waals surface area contributed by atoms with Crippen molar-refractivity contribution in [2.24, 2.45) is 5.73 Å². The maximum absolute atomic E-state index is 12.1. The molecule has 0 radical (unpaired) electrons. The van der Waals surface area contributed by atoms with Gasteiger partial charge in [0.1, 0.15) is 5.54 Å². The number of benzene rings is 1. The van der Waals surface area contributed by atoms with Crippen molar-refractivity contribution in [3.63, 3.8) is 0 Å². The Morgan fingerprint density at radius 3 is 2.23 bits per heavy atom. The first kappa shape index (κ1) is 15.5. The van der Waals surface area contributed by atoms with Crippen molar-refractivity contribution in [2.45, 2.75) is 44.2 Å². The molecule has 1 aliphatic carbocycles. The zero-order valence-electron chi connectivity index (χ0n) is 13.3. The summed E-state index contributed by atoms with van der Waals surface area (Å²) in [5.74, 6) is -0.108. The van der Waals surface area contributed by atoms with Gasteiger partial charge in [-0.05, 0) is 18.4 Å². The van der Waals surface area contributed by atoms with E-state index in [0.717, 1.165) is 58.4 Å². The molecule has 4 heteroatoms. The Balaban J connectivity index is 1.59. The number of carbonyl (C=O) groups is 1. The lowest BCUT2D eigenvalue weighted by molar-refractivity contribution is -0.134. The average molecular weight is 301 g/mol. The smallest absolute Gasteiger partial charge is 0.237 e. The van der Waals surface area contributed by atoms with E-state index in [4.69, 9.17) is 5.73 Å². The van der Waals surface area contributed by atoms with Crippen LogP contribution in [0.2, 0.25) is 0 Å². The molecule has 1 amide bonds. The molecule has 1 aliphatic heterocycles. The molecule has 2 fully saturated rings. The fraction of sp³-hybridized carbons (Fsp3) is 0.611. The molecule has 0 unspecified atom stereocenters. The van der Waals surface area contributed by atoms with Crippen LogP contribution in [0.3, 0.4) is 0 Å². The third-order valence-corrected chi connectivity index (χ3v) is 5.37. The second kappa shape index (κ2) is 6.80. The van der Waals surface area contributed by atoms with Gasteiger partial charge in [-0.15, -0.1) is 0 Å². The maximum atomic E-state index is 12.1. The minimum absolute atomic E-state index is 0.108. The molecule has 1 aromatic rings. The molecule has 1 saturated heterocycles. The van der Waals surface area contributed by atoms with Crippen molar-refractivity contribution in [2.75, 3.05) is 26.2 Å². The van der Waals surface area contributed by atoms with Gasteiger partial charge in [0.05, 0.1) is 0 Å². The molecule has 2 aliphatic rings. The van der Waals surface area contributed by atoms with Crippen molar-refractivity contribution >= 4 is 5.91 Å². The van der Waals surface area contributed by atoms with Gasteiger partial charge in [0.15, 0.2) is 0 Å². The topological polar surface area (TPSA) is 49.6 Å². The predicted molar refractivity (Wildman–Crippen MR) is 88.3 cm³/mol. The molecule has 120 valence electrons. The summed E-state index contributed by atoms with van der Waals surface area (Å²) < 4.78 is 0. The van der Waals surface area contributed by atoms with Crippen LogP contribution >= 0.6 is 0 Å². The van der Waals surface area contributed by atoms with Gasteiger partial charge >= 0.3 is 0 Å². The molecule has 0 atom stereocenters. The second-order valence-electron chi connectivity index (χ2n) is 6.71. The predicted octanol–water partition coefficient (Wildman–Crippen LogP) is 1.99. The van der Waals surface area contributed by atoms with E-state index in [2.05, 4.69) is 40.1 Å². The Bertz CT molecular complexity index is 488. The molecule has 1 aromatic carbocycles. The van der Waals surface area contributed by atoms with E-state index >= 15 is 0 Å². The molecule has 3 rings (SSSR count). The minimum atomic E-state index is -0.364. The lowest BCUT2D eigenvalue weighted by atomic mass is 9.79. The zero-order chi connectivity index (χ0) is 15.4. The van der Waals surface area contributed by atoms with Crippen LogP contribution in [0, 0.1) is 0 Å². The number of hydrogen-bond acceptors (Lipinski definition) is 3. The quantitative estimate of drug-likeness (QED) is 0.925. The van der Waals surface area contributed by atoms with Crippen LogP contribution in [-0.2, 0) is 11.3 Å². The summed E-state index contributed by atoms with van der Waals surface area (Å²) in [5, 5.41) is 0. The lowest BCUT2D eigenvalue weighted by Crippen LogP contribution is -2.63. The van der Waals surface area contributed by atoms with Crippen LogP contribution < -0.4 is 5.73 Å². The number of piperazine rings is 1. The number of amides is 1. The van der Waals surface area contributed by atoms with Crippen LogP contribution in [0.15, 0.2) is 30.3 Å². The largest absolute Gasteiger partial charge is 0.368 e. The summed E-state index contributed by atoms with van der Waals surface area (Å²) in [4.78, 5) is 17.0. The Kier molecular flexibility index (Phi) is 4.79. The Morgan fingerprint density at radius 1 is 1.00 bits per heavy atom. The summed E-state index contributed by atoms with van der Waals surface area (Å²) in [5.41, 5.74) is 6.79. The van der Waals surface area contributed by atoms with Gasteiger partial charge in [-0.3, -0.25) is 14.6 Å². The first-order chi connectivity index (χ1) is 10.7. The van der Waals surface area contributed by atoms with Crippen LogP contribution in [0.1, 0.15) is 37.7 Å². The van der Waals surface area contributed by atoms with Gasteiger partial charge in [0.25, 0.3) is 0 Å². The lowest BCUT2D eigenvalue weighted by Gasteiger charge is -2.47. The van der Waals surface area contributed by atoms with Crippen LogP contribution in [-0.4, -0.2) is 47.4 Å². The van der Waals surface area contributed by atoms with Crippen molar-refractivity contribution in [3.05, 3.63) is 35.9 Å². The Morgan fingerprint density at radius 2 is 1.64 bits per heavy atom. The molecule has 0 aromatic heterocycles. The summed E-state index contributed by atoms with van der Waals surface area (Å²) in [7, 11) is 0. The highest BCUT2D eigenvalue weighted by molar-refractivity contribution is 5.84. The van der Waals surface area contributed by atoms with Crippen molar-refractivity contribution in [1.82, 2.24) is 9.80 Å². The van der Waals surface area contributed by atoms with Crippen LogP contribution in [0.4, 0.5) is 0 Å². The fourth-order valence-corrected chi connectivity index (χ4v) is 4.03. The summed E-state index contributed by atoms with van der Waals surface area (Å²) in [6.45, 7) is 4.94. The molecule has 1 heterocycles. The van der Waals surface area contributed by atoms with E-state index in [1.807, 2.05) is 0 Å². The van der Waals surface area contributed by atoms with E-state index in [1.54, 1.807) is 0 Å². The summed E-state index contributed by atoms with van der Waals surface area (Å²) >= 11 is 0. The molecular formula is C18H27N3O. The molecule has 2 N–H and O–H groups in total. The molecule has 0 bridgehead atoms. The fourth-order valence-electron chi connectivity index (χ4n) is 4.03. The Hall–Kier alpha value is -1.39. The summed E-state index contributed by atoms with van der Waals surface area (Å²) in [6, 6.07) is 10.6. The molecule has 0 spiro atoms. The molecule has 22 heavy (non-hydrogen) atoms. The first-order valence-corrected chi connectivity index (χ1v) is 8.52. The third-order valence-electron chi connectivity index (χ3n) is 5.37. The number of primary amides is 1. The van der Waals surface area contributed by atoms with Gasteiger partial charge in [-0.1, -0.05) is 49.6 Å². The molecular weight excluding hydrogens is 274 g/mol. The number of rotatable bonds is 4. The van der Waals surface area contributed by atoms with Gasteiger partial charge in [-0.2, -0.15) is 0 Å². The van der Waals surface area contributed by atoms with E-state index in [1.165, 1.54) is 12.0 Å². The van der Waals surface area contributed by atoms with Crippen molar-refractivity contribution < 1.29 is 4.79 Å². The number of hydrogen-bond donors (Lipinski definition) is 1. The van der Waals surface area contributed by atoms with Crippen LogP contribution in [0.25, 0.3) is 0 Å². The van der Waals surface area contributed by atoms with Gasteiger partial charge < -0.3 is 5.73 Å². The normalized spacial score (nSPS) is 23.3. The SMILES string of the molecule is NC(=O)C1(N2CCN(Cc3ccccc3)CC2)CCCCC1. The maximum Gasteiger partial charge on any atom is 0.237 e. The number of nitrogens with two attached hydrogens (primary N) is 1. The van der Waals surface area contributed by atoms with Gasteiger partial charge in [0, 0.05) is 32.7 Å². The Labute approximate surface area is 133 Å². The highest BCUT2D eigenvalue weighted by Crippen LogP contribution is 2.34.